The van der Waals surface area contributed by atoms with Gasteiger partial charge in [0.05, 0.1) is 0 Å². The Hall–Kier alpha value is -1.33. The second kappa shape index (κ2) is 5.60. The molecule has 0 aromatic heterocycles. The first-order valence-electron chi connectivity index (χ1n) is 10.0. The van der Waals surface area contributed by atoms with Crippen LogP contribution in [-0.4, -0.2) is 39.7 Å². The molecule has 4 aliphatic carbocycles. The molecular formula is C22H29FO4. The van der Waals surface area contributed by atoms with Crippen molar-refractivity contribution in [2.75, 3.05) is 6.61 Å². The Morgan fingerprint density at radius 3 is 2.63 bits per heavy atom. The van der Waals surface area contributed by atoms with E-state index >= 15 is 4.39 Å². The van der Waals surface area contributed by atoms with Crippen LogP contribution < -0.4 is 0 Å². The van der Waals surface area contributed by atoms with Gasteiger partial charge in [0.25, 0.3) is 0 Å². The molecule has 4 aliphatic rings. The summed E-state index contributed by atoms with van der Waals surface area (Å²) < 4.78 is 16.7. The van der Waals surface area contributed by atoms with Gasteiger partial charge in [-0.3, -0.25) is 9.59 Å². The number of ketones is 2. The van der Waals surface area contributed by atoms with Gasteiger partial charge in [0, 0.05) is 23.2 Å². The Labute approximate surface area is 159 Å². The molecule has 0 aliphatic heterocycles. The number of Topliss-reactive ketones (excluding diaryl/α,β-unsaturated/α-hetero) is 1. The van der Waals surface area contributed by atoms with E-state index in [1.54, 1.807) is 18.2 Å². The minimum absolute atomic E-state index is 0.0755. The molecule has 0 aromatic rings. The molecule has 0 saturated heterocycles. The zero-order chi connectivity index (χ0) is 19.8. The number of allylic oxidation sites excluding steroid dienone is 3. The maximum atomic E-state index is 16.7. The van der Waals surface area contributed by atoms with Gasteiger partial charge in [-0.2, -0.15) is 0 Å². The summed E-state index contributed by atoms with van der Waals surface area (Å²) in [5.41, 5.74) is -3.97. The van der Waals surface area contributed by atoms with Gasteiger partial charge in [-0.1, -0.05) is 32.4 Å². The predicted octanol–water partition coefficient (Wildman–Crippen LogP) is 2.92. The zero-order valence-corrected chi connectivity index (χ0v) is 16.3. The lowest BCUT2D eigenvalue weighted by atomic mass is 9.47. The van der Waals surface area contributed by atoms with E-state index in [-0.39, 0.29) is 23.5 Å². The van der Waals surface area contributed by atoms with Crippen LogP contribution in [0, 0.1) is 28.6 Å². The summed E-state index contributed by atoms with van der Waals surface area (Å²) in [6, 6.07) is 0. The monoisotopic (exact) mass is 376 g/mol. The quantitative estimate of drug-likeness (QED) is 0.727. The lowest BCUT2D eigenvalue weighted by molar-refractivity contribution is -0.160. The SMILES string of the molecule is C[C@H]1C[C@H]2[C@@H]3CCC4=CC(=O)CC[C@]4(C)[C@@]3(F)C=C[C@]2(C)[C@@]1(O)C(=O)CO. The first-order valence-corrected chi connectivity index (χ1v) is 10.0. The molecule has 2 saturated carbocycles. The van der Waals surface area contributed by atoms with Crippen molar-refractivity contribution in [1.82, 2.24) is 0 Å². The molecule has 0 bridgehead atoms. The van der Waals surface area contributed by atoms with Crippen molar-refractivity contribution in [3.8, 4) is 0 Å². The van der Waals surface area contributed by atoms with E-state index in [1.807, 2.05) is 20.8 Å². The topological polar surface area (TPSA) is 74.6 Å². The van der Waals surface area contributed by atoms with E-state index in [9.17, 15) is 19.8 Å². The number of hydrogen-bond donors (Lipinski definition) is 2. The fourth-order valence-electron chi connectivity index (χ4n) is 6.91. The molecule has 2 fully saturated rings. The molecule has 27 heavy (non-hydrogen) atoms. The number of rotatable bonds is 2. The van der Waals surface area contributed by atoms with Gasteiger partial charge in [-0.15, -0.1) is 0 Å². The molecule has 0 unspecified atom stereocenters. The average molecular weight is 376 g/mol. The normalized spacial score (nSPS) is 51.3. The van der Waals surface area contributed by atoms with Gasteiger partial charge < -0.3 is 10.2 Å². The van der Waals surface area contributed by atoms with Crippen molar-refractivity contribution >= 4 is 11.6 Å². The Bertz CT molecular complexity index is 772. The number of fused-ring (bicyclic) bond motifs is 5. The summed E-state index contributed by atoms with van der Waals surface area (Å²) in [5.74, 6) is -1.35. The third kappa shape index (κ3) is 2.05. The predicted molar refractivity (Wildman–Crippen MR) is 98.6 cm³/mol. The van der Waals surface area contributed by atoms with E-state index in [2.05, 4.69) is 0 Å². The van der Waals surface area contributed by atoms with Crippen molar-refractivity contribution in [3.05, 3.63) is 23.8 Å². The first-order chi connectivity index (χ1) is 12.5. The number of hydrogen-bond acceptors (Lipinski definition) is 4. The second-order valence-corrected chi connectivity index (χ2v) is 9.59. The van der Waals surface area contributed by atoms with E-state index < -0.39 is 34.5 Å². The van der Waals surface area contributed by atoms with Crippen LogP contribution in [0.25, 0.3) is 0 Å². The summed E-state index contributed by atoms with van der Waals surface area (Å²) in [4.78, 5) is 24.4. The molecule has 148 valence electrons. The van der Waals surface area contributed by atoms with Gasteiger partial charge in [0.15, 0.2) is 11.6 Å². The summed E-state index contributed by atoms with van der Waals surface area (Å²) in [6.45, 7) is 4.87. The van der Waals surface area contributed by atoms with Crippen LogP contribution in [0.5, 0.6) is 0 Å². The molecule has 0 heterocycles. The fourth-order valence-corrected chi connectivity index (χ4v) is 6.91. The number of carbonyl (C=O) groups is 2. The van der Waals surface area contributed by atoms with Gasteiger partial charge in [-0.05, 0) is 49.7 Å². The fraction of sp³-hybridized carbons (Fsp3) is 0.727. The molecule has 0 aromatic carbocycles. The van der Waals surface area contributed by atoms with Crippen LogP contribution in [0.4, 0.5) is 4.39 Å². The Kier molecular flexibility index (Phi) is 3.94. The molecule has 0 spiro atoms. The number of halogens is 1. The van der Waals surface area contributed by atoms with Crippen LogP contribution in [0.2, 0.25) is 0 Å². The summed E-state index contributed by atoms with van der Waals surface area (Å²) >= 11 is 0. The van der Waals surface area contributed by atoms with Crippen LogP contribution in [0.1, 0.15) is 52.9 Å². The molecule has 0 radical (unpaired) electrons. The van der Waals surface area contributed by atoms with Crippen LogP contribution >= 0.6 is 0 Å². The van der Waals surface area contributed by atoms with E-state index in [4.69, 9.17) is 0 Å². The van der Waals surface area contributed by atoms with E-state index in [1.165, 1.54) is 0 Å². The largest absolute Gasteiger partial charge is 0.388 e. The highest BCUT2D eigenvalue weighted by Gasteiger charge is 2.71. The highest BCUT2D eigenvalue weighted by molar-refractivity contribution is 5.92. The lowest BCUT2D eigenvalue weighted by Gasteiger charge is -2.59. The molecule has 2 N–H and O–H groups in total. The summed E-state index contributed by atoms with van der Waals surface area (Å²) in [5, 5.41) is 20.8. The maximum Gasteiger partial charge on any atom is 0.190 e. The molecule has 4 rings (SSSR count). The highest BCUT2D eigenvalue weighted by Crippen LogP contribution is 2.68. The van der Waals surface area contributed by atoms with E-state index in [0.717, 1.165) is 5.57 Å². The standard InChI is InChI=1S/C22H29FO4/c1-13-10-17-16-5-4-14-11-15(25)6-7-19(14,2)21(16,23)9-8-20(17,3)22(13,27)18(26)12-24/h8-9,11,13,16-17,24,27H,4-7,10,12H2,1-3H3/t13-,16-,17-,19-,20-,21+,22-/m0/s1. The lowest BCUT2D eigenvalue weighted by Crippen LogP contribution is -2.62. The van der Waals surface area contributed by atoms with Crippen LogP contribution in [0.15, 0.2) is 23.8 Å². The van der Waals surface area contributed by atoms with Gasteiger partial charge in [0.1, 0.15) is 17.9 Å². The van der Waals surface area contributed by atoms with Crippen molar-refractivity contribution < 1.29 is 24.2 Å². The van der Waals surface area contributed by atoms with Crippen molar-refractivity contribution in [2.45, 2.75) is 64.1 Å². The van der Waals surface area contributed by atoms with Gasteiger partial charge in [0.2, 0.25) is 0 Å². The smallest absolute Gasteiger partial charge is 0.190 e. The van der Waals surface area contributed by atoms with Gasteiger partial charge in [-0.25, -0.2) is 4.39 Å². The Balaban J connectivity index is 1.84. The first kappa shape index (κ1) is 19.0. The van der Waals surface area contributed by atoms with Crippen molar-refractivity contribution in [2.24, 2.45) is 28.6 Å². The van der Waals surface area contributed by atoms with Gasteiger partial charge >= 0.3 is 0 Å². The second-order valence-electron chi connectivity index (χ2n) is 9.59. The molecular weight excluding hydrogens is 347 g/mol. The number of alkyl halides is 1. The minimum Gasteiger partial charge on any atom is -0.388 e. The third-order valence-corrected chi connectivity index (χ3v) is 8.66. The van der Waals surface area contributed by atoms with E-state index in [0.29, 0.717) is 32.1 Å². The molecule has 0 amide bonds. The van der Waals surface area contributed by atoms with Crippen molar-refractivity contribution in [3.63, 3.8) is 0 Å². The van der Waals surface area contributed by atoms with Crippen LogP contribution in [-0.2, 0) is 9.59 Å². The highest BCUT2D eigenvalue weighted by atomic mass is 19.1. The molecule has 5 heteroatoms. The Morgan fingerprint density at radius 2 is 1.96 bits per heavy atom. The van der Waals surface area contributed by atoms with Crippen molar-refractivity contribution in [1.29, 1.82) is 0 Å². The molecule has 7 atom stereocenters. The number of aliphatic hydroxyl groups excluding tert-OH is 1. The minimum atomic E-state index is -1.68. The maximum absolute atomic E-state index is 16.7. The zero-order valence-electron chi connectivity index (χ0n) is 16.3. The summed E-state index contributed by atoms with van der Waals surface area (Å²) in [7, 11) is 0. The number of aliphatic hydroxyl groups is 2. The summed E-state index contributed by atoms with van der Waals surface area (Å²) in [6.07, 6.45) is 7.61. The number of carbonyl (C=O) groups excluding carboxylic acids is 2. The third-order valence-electron chi connectivity index (χ3n) is 8.66. The molecule has 4 nitrogen and oxygen atoms in total. The average Bonchev–Trinajstić information content (AvgIpc) is 2.84. The Morgan fingerprint density at radius 1 is 1.26 bits per heavy atom. The van der Waals surface area contributed by atoms with Crippen LogP contribution in [0.3, 0.4) is 0 Å².